The zero-order valence-electron chi connectivity index (χ0n) is 13.1. The van der Waals surface area contributed by atoms with Crippen LogP contribution in [0.25, 0.3) is 0 Å². The smallest absolute Gasteiger partial charge is 0.146 e. The van der Waals surface area contributed by atoms with Crippen molar-refractivity contribution in [1.29, 1.82) is 0 Å². The van der Waals surface area contributed by atoms with Crippen molar-refractivity contribution >= 4 is 21.7 Å². The van der Waals surface area contributed by atoms with E-state index in [1.165, 1.54) is 6.42 Å². The lowest BCUT2D eigenvalue weighted by molar-refractivity contribution is -0.129. The predicted molar refractivity (Wildman–Crippen MR) is 88.3 cm³/mol. The van der Waals surface area contributed by atoms with Gasteiger partial charge < -0.3 is 5.73 Å². The van der Waals surface area contributed by atoms with Gasteiger partial charge in [0.15, 0.2) is 0 Å². The average molecular weight is 356 g/mol. The largest absolute Gasteiger partial charge is 0.329 e. The molecule has 0 aromatic carbocycles. The number of ketones is 1. The van der Waals surface area contributed by atoms with E-state index in [1.54, 1.807) is 0 Å². The van der Waals surface area contributed by atoms with Crippen LogP contribution in [0.5, 0.6) is 0 Å². The molecule has 0 saturated heterocycles. The Labute approximate surface area is 135 Å². The molecule has 1 aromatic heterocycles. The maximum atomic E-state index is 12.9. The number of carbonyl (C=O) groups excluding carboxylic acids is 1. The van der Waals surface area contributed by atoms with Gasteiger partial charge in [-0.3, -0.25) is 9.48 Å². The van der Waals surface area contributed by atoms with Crippen molar-refractivity contribution in [3.8, 4) is 0 Å². The first-order chi connectivity index (χ1) is 10.1. The van der Waals surface area contributed by atoms with Gasteiger partial charge in [-0.1, -0.05) is 26.2 Å². The molecular formula is C16H26BrN3O. The normalized spacial score (nSPS) is 17.9. The van der Waals surface area contributed by atoms with E-state index in [2.05, 4.69) is 34.9 Å². The Morgan fingerprint density at radius 2 is 2.00 bits per heavy atom. The minimum atomic E-state index is -0.299. The molecule has 1 saturated carbocycles. The molecule has 2 rings (SSSR count). The van der Waals surface area contributed by atoms with Crippen LogP contribution >= 0.6 is 15.9 Å². The standard InChI is InChI=1S/C16H26BrN3O/c1-3-12-15(17)13(20(4-2)19-12)10-14(21)16(11-18)8-6-5-7-9-16/h3-11,18H2,1-2H3. The van der Waals surface area contributed by atoms with Gasteiger partial charge in [0.25, 0.3) is 0 Å². The summed E-state index contributed by atoms with van der Waals surface area (Å²) in [5.41, 5.74) is 7.72. The summed E-state index contributed by atoms with van der Waals surface area (Å²) in [6.45, 7) is 5.41. The molecule has 1 aliphatic carbocycles. The molecular weight excluding hydrogens is 330 g/mol. The highest BCUT2D eigenvalue weighted by Gasteiger charge is 2.38. The van der Waals surface area contributed by atoms with E-state index in [-0.39, 0.29) is 5.41 Å². The summed E-state index contributed by atoms with van der Waals surface area (Å²) in [5.74, 6) is 0.294. The summed E-state index contributed by atoms with van der Waals surface area (Å²) in [5, 5.41) is 4.58. The molecule has 1 heterocycles. The second-order valence-electron chi connectivity index (χ2n) is 6.02. The van der Waals surface area contributed by atoms with E-state index < -0.39 is 0 Å². The Bertz CT molecular complexity index is 504. The maximum absolute atomic E-state index is 12.9. The lowest BCUT2D eigenvalue weighted by Gasteiger charge is -2.34. The number of nitrogens with two attached hydrogens (primary N) is 1. The van der Waals surface area contributed by atoms with Crippen LogP contribution in [0.1, 0.15) is 57.3 Å². The van der Waals surface area contributed by atoms with Gasteiger partial charge in [0.2, 0.25) is 0 Å². The summed E-state index contributed by atoms with van der Waals surface area (Å²) in [4.78, 5) is 12.9. The lowest BCUT2D eigenvalue weighted by atomic mass is 9.70. The molecule has 0 spiro atoms. The fourth-order valence-corrected chi connectivity index (χ4v) is 4.06. The second-order valence-corrected chi connectivity index (χ2v) is 6.81. The monoisotopic (exact) mass is 355 g/mol. The van der Waals surface area contributed by atoms with Gasteiger partial charge in [-0.15, -0.1) is 0 Å². The van der Waals surface area contributed by atoms with E-state index in [9.17, 15) is 4.79 Å². The second kappa shape index (κ2) is 7.05. The molecule has 0 amide bonds. The molecule has 0 unspecified atom stereocenters. The van der Waals surface area contributed by atoms with E-state index in [0.29, 0.717) is 18.7 Å². The van der Waals surface area contributed by atoms with Gasteiger partial charge in [-0.2, -0.15) is 5.10 Å². The Morgan fingerprint density at radius 1 is 1.33 bits per heavy atom. The SMILES string of the molecule is CCc1nn(CC)c(CC(=O)C2(CN)CCCCC2)c1Br. The topological polar surface area (TPSA) is 60.9 Å². The van der Waals surface area contributed by atoms with E-state index in [1.807, 2.05) is 4.68 Å². The van der Waals surface area contributed by atoms with E-state index >= 15 is 0 Å². The number of aryl methyl sites for hydroxylation is 2. The number of Topliss-reactive ketones (excluding diaryl/α,β-unsaturated/α-hetero) is 1. The number of halogens is 1. The Hall–Kier alpha value is -0.680. The Morgan fingerprint density at radius 3 is 2.52 bits per heavy atom. The highest BCUT2D eigenvalue weighted by atomic mass is 79.9. The number of carbonyl (C=O) groups is 1. The molecule has 0 bridgehead atoms. The van der Waals surface area contributed by atoms with E-state index in [4.69, 9.17) is 5.73 Å². The summed E-state index contributed by atoms with van der Waals surface area (Å²) < 4.78 is 2.96. The molecule has 21 heavy (non-hydrogen) atoms. The van der Waals surface area contributed by atoms with Crippen LogP contribution in [-0.2, 0) is 24.2 Å². The fourth-order valence-electron chi connectivity index (χ4n) is 3.35. The van der Waals surface area contributed by atoms with E-state index in [0.717, 1.165) is 54.5 Å². The van der Waals surface area contributed by atoms with Crippen LogP contribution in [0.4, 0.5) is 0 Å². The molecule has 2 N–H and O–H groups in total. The molecule has 4 nitrogen and oxygen atoms in total. The van der Waals surface area contributed by atoms with Crippen molar-refractivity contribution in [3.05, 3.63) is 15.9 Å². The minimum absolute atomic E-state index is 0.294. The number of hydrogen-bond acceptors (Lipinski definition) is 3. The highest BCUT2D eigenvalue weighted by molar-refractivity contribution is 9.10. The number of nitrogens with zero attached hydrogens (tertiary/aromatic N) is 2. The zero-order chi connectivity index (χ0) is 15.5. The third-order valence-electron chi connectivity index (χ3n) is 4.82. The first kappa shape index (κ1) is 16.7. The third kappa shape index (κ3) is 3.24. The molecule has 0 aliphatic heterocycles. The quantitative estimate of drug-likeness (QED) is 0.851. The van der Waals surface area contributed by atoms with Crippen LogP contribution in [0, 0.1) is 5.41 Å². The van der Waals surface area contributed by atoms with Crippen molar-refractivity contribution in [2.75, 3.05) is 6.54 Å². The van der Waals surface area contributed by atoms with Crippen molar-refractivity contribution in [2.45, 2.75) is 65.3 Å². The van der Waals surface area contributed by atoms with Crippen molar-refractivity contribution in [2.24, 2.45) is 11.1 Å². The first-order valence-electron chi connectivity index (χ1n) is 8.05. The number of hydrogen-bond donors (Lipinski definition) is 1. The van der Waals surface area contributed by atoms with Crippen molar-refractivity contribution in [1.82, 2.24) is 9.78 Å². The number of aromatic nitrogens is 2. The average Bonchev–Trinajstić information content (AvgIpc) is 2.83. The summed E-state index contributed by atoms with van der Waals surface area (Å²) in [7, 11) is 0. The summed E-state index contributed by atoms with van der Waals surface area (Å²) >= 11 is 3.63. The maximum Gasteiger partial charge on any atom is 0.146 e. The molecule has 1 fully saturated rings. The molecule has 0 atom stereocenters. The molecule has 0 radical (unpaired) electrons. The molecule has 5 heteroatoms. The van der Waals surface area contributed by atoms with Crippen LogP contribution in [0.15, 0.2) is 4.47 Å². The van der Waals surface area contributed by atoms with Gasteiger partial charge in [0.05, 0.1) is 22.3 Å². The van der Waals surface area contributed by atoms with Gasteiger partial charge >= 0.3 is 0 Å². The van der Waals surface area contributed by atoms with Gasteiger partial charge in [-0.25, -0.2) is 0 Å². The molecule has 1 aliphatic rings. The Balaban J connectivity index is 2.24. The van der Waals surface area contributed by atoms with Crippen LogP contribution in [-0.4, -0.2) is 22.1 Å². The van der Waals surface area contributed by atoms with Crippen LogP contribution in [0.3, 0.4) is 0 Å². The van der Waals surface area contributed by atoms with Gasteiger partial charge in [-0.05, 0) is 42.1 Å². The molecule has 118 valence electrons. The lowest BCUT2D eigenvalue weighted by Crippen LogP contribution is -2.41. The minimum Gasteiger partial charge on any atom is -0.329 e. The third-order valence-corrected chi connectivity index (χ3v) is 5.73. The van der Waals surface area contributed by atoms with Crippen molar-refractivity contribution in [3.63, 3.8) is 0 Å². The van der Waals surface area contributed by atoms with Crippen LogP contribution < -0.4 is 5.73 Å². The summed E-state index contributed by atoms with van der Waals surface area (Å²) in [6.07, 6.45) is 6.68. The molecule has 1 aromatic rings. The van der Waals surface area contributed by atoms with Gasteiger partial charge in [0.1, 0.15) is 5.78 Å². The van der Waals surface area contributed by atoms with Crippen molar-refractivity contribution < 1.29 is 4.79 Å². The highest BCUT2D eigenvalue weighted by Crippen LogP contribution is 2.37. The summed E-state index contributed by atoms with van der Waals surface area (Å²) in [6, 6.07) is 0. The van der Waals surface area contributed by atoms with Gasteiger partial charge in [0, 0.05) is 18.5 Å². The predicted octanol–water partition coefficient (Wildman–Crippen LogP) is 3.25. The van der Waals surface area contributed by atoms with Crippen LogP contribution in [0.2, 0.25) is 0 Å². The Kier molecular flexibility index (Phi) is 5.60. The zero-order valence-corrected chi connectivity index (χ0v) is 14.7. The first-order valence-corrected chi connectivity index (χ1v) is 8.84. The fraction of sp³-hybridized carbons (Fsp3) is 0.750. The number of rotatable bonds is 6.